The van der Waals surface area contributed by atoms with Gasteiger partial charge in [0.25, 0.3) is 0 Å². The van der Waals surface area contributed by atoms with E-state index in [0.29, 0.717) is 0 Å². The number of hydrogen-bond acceptors (Lipinski definition) is 1. The van der Waals surface area contributed by atoms with Crippen LogP contribution in [0.4, 0.5) is 0 Å². The summed E-state index contributed by atoms with van der Waals surface area (Å²) >= 11 is 0. The maximum absolute atomic E-state index is 5.45. The standard InChI is InChI=1S/C17H31N/c1-2-3-4-5-6-7-8-9-10-11-12-13-14-15-16-17-18/h3-4,6-7,9-10H,2,5,8,11-18H2,1H3/b4-3+,7-6+,10-9+. The van der Waals surface area contributed by atoms with E-state index in [1.54, 1.807) is 0 Å². The summed E-state index contributed by atoms with van der Waals surface area (Å²) in [7, 11) is 0. The lowest BCUT2D eigenvalue weighted by molar-refractivity contribution is 0.622. The van der Waals surface area contributed by atoms with Gasteiger partial charge in [0.2, 0.25) is 0 Å². The van der Waals surface area contributed by atoms with Crippen molar-refractivity contribution in [3.05, 3.63) is 36.5 Å². The van der Waals surface area contributed by atoms with Gasteiger partial charge in [0.05, 0.1) is 0 Å². The molecule has 0 saturated carbocycles. The van der Waals surface area contributed by atoms with Crippen molar-refractivity contribution < 1.29 is 0 Å². The summed E-state index contributed by atoms with van der Waals surface area (Å²) in [6, 6.07) is 0. The predicted octanol–water partition coefficient (Wildman–Crippen LogP) is 5.14. The lowest BCUT2D eigenvalue weighted by atomic mass is 10.1. The third kappa shape index (κ3) is 15.2. The average Bonchev–Trinajstić information content (AvgIpc) is 2.39. The van der Waals surface area contributed by atoms with Gasteiger partial charge in [-0.05, 0) is 45.1 Å². The van der Waals surface area contributed by atoms with Gasteiger partial charge in [0.1, 0.15) is 0 Å². The van der Waals surface area contributed by atoms with E-state index in [1.165, 1.54) is 38.5 Å². The smallest absolute Gasteiger partial charge is 0.00773 e. The van der Waals surface area contributed by atoms with Crippen molar-refractivity contribution in [2.75, 3.05) is 6.54 Å². The van der Waals surface area contributed by atoms with Gasteiger partial charge >= 0.3 is 0 Å². The highest BCUT2D eigenvalue weighted by Gasteiger charge is 1.87. The van der Waals surface area contributed by atoms with Crippen molar-refractivity contribution in [3.8, 4) is 0 Å². The molecule has 1 nitrogen and oxygen atoms in total. The van der Waals surface area contributed by atoms with Crippen molar-refractivity contribution in [3.63, 3.8) is 0 Å². The summed E-state index contributed by atoms with van der Waals surface area (Å²) in [6.45, 7) is 3.01. The SMILES string of the molecule is CC/C=C/C/C=C/C/C=C/CCCCCCCN. The number of unbranched alkanes of at least 4 members (excludes halogenated alkanes) is 5. The lowest BCUT2D eigenvalue weighted by Gasteiger charge is -1.97. The van der Waals surface area contributed by atoms with Crippen LogP contribution in [0.25, 0.3) is 0 Å². The first-order valence-corrected chi connectivity index (χ1v) is 7.56. The highest BCUT2D eigenvalue weighted by molar-refractivity contribution is 4.96. The molecular formula is C17H31N. The zero-order chi connectivity index (χ0) is 13.3. The Labute approximate surface area is 114 Å². The average molecular weight is 249 g/mol. The number of hydrogen-bond donors (Lipinski definition) is 1. The van der Waals surface area contributed by atoms with Gasteiger partial charge in [-0.1, -0.05) is 62.6 Å². The second-order valence-corrected chi connectivity index (χ2v) is 4.64. The van der Waals surface area contributed by atoms with Crippen LogP contribution in [0, 0.1) is 0 Å². The number of allylic oxidation sites excluding steroid dienone is 6. The zero-order valence-electron chi connectivity index (χ0n) is 12.1. The molecule has 104 valence electrons. The van der Waals surface area contributed by atoms with E-state index in [1.807, 2.05) is 0 Å². The summed E-state index contributed by atoms with van der Waals surface area (Å²) in [6.07, 6.45) is 24.5. The highest BCUT2D eigenvalue weighted by Crippen LogP contribution is 2.05. The molecule has 0 aromatic rings. The third-order valence-corrected chi connectivity index (χ3v) is 2.85. The molecule has 0 spiro atoms. The molecule has 0 aliphatic rings. The fourth-order valence-electron chi connectivity index (χ4n) is 1.76. The van der Waals surface area contributed by atoms with Crippen molar-refractivity contribution >= 4 is 0 Å². The molecule has 0 amide bonds. The first-order chi connectivity index (χ1) is 8.91. The molecule has 0 aliphatic carbocycles. The van der Waals surface area contributed by atoms with E-state index in [2.05, 4.69) is 43.4 Å². The van der Waals surface area contributed by atoms with Crippen molar-refractivity contribution in [2.24, 2.45) is 5.73 Å². The fourth-order valence-corrected chi connectivity index (χ4v) is 1.76. The molecule has 0 aromatic carbocycles. The van der Waals surface area contributed by atoms with Crippen LogP contribution in [0.5, 0.6) is 0 Å². The van der Waals surface area contributed by atoms with Crippen molar-refractivity contribution in [1.82, 2.24) is 0 Å². The van der Waals surface area contributed by atoms with Gasteiger partial charge in [-0.15, -0.1) is 0 Å². The molecular weight excluding hydrogens is 218 g/mol. The van der Waals surface area contributed by atoms with Crippen molar-refractivity contribution in [2.45, 2.75) is 64.7 Å². The van der Waals surface area contributed by atoms with Crippen LogP contribution in [-0.2, 0) is 0 Å². The molecule has 0 saturated heterocycles. The van der Waals surface area contributed by atoms with E-state index in [0.717, 1.165) is 25.8 Å². The van der Waals surface area contributed by atoms with Gasteiger partial charge < -0.3 is 5.73 Å². The fraction of sp³-hybridized carbons (Fsp3) is 0.647. The molecule has 0 aromatic heterocycles. The summed E-state index contributed by atoms with van der Waals surface area (Å²) in [5.74, 6) is 0. The van der Waals surface area contributed by atoms with Gasteiger partial charge in [0, 0.05) is 0 Å². The van der Waals surface area contributed by atoms with Crippen LogP contribution in [0.1, 0.15) is 64.7 Å². The molecule has 0 bridgehead atoms. The number of nitrogens with two attached hydrogens (primary N) is 1. The summed E-state index contributed by atoms with van der Waals surface area (Å²) in [5.41, 5.74) is 5.45. The Bertz CT molecular complexity index is 226. The Kier molecular flexibility index (Phi) is 15.4. The molecule has 1 heteroatoms. The Morgan fingerprint density at radius 2 is 1.22 bits per heavy atom. The quantitative estimate of drug-likeness (QED) is 0.376. The predicted molar refractivity (Wildman–Crippen MR) is 83.7 cm³/mol. The highest BCUT2D eigenvalue weighted by atomic mass is 14.5. The Morgan fingerprint density at radius 1 is 0.667 bits per heavy atom. The molecule has 0 radical (unpaired) electrons. The maximum atomic E-state index is 5.45. The monoisotopic (exact) mass is 249 g/mol. The van der Waals surface area contributed by atoms with Gasteiger partial charge in [-0.2, -0.15) is 0 Å². The molecule has 0 heterocycles. The zero-order valence-corrected chi connectivity index (χ0v) is 12.1. The molecule has 18 heavy (non-hydrogen) atoms. The Balaban J connectivity index is 3.20. The van der Waals surface area contributed by atoms with E-state index in [9.17, 15) is 0 Å². The molecule has 2 N–H and O–H groups in total. The van der Waals surface area contributed by atoms with Crippen LogP contribution < -0.4 is 5.73 Å². The summed E-state index contributed by atoms with van der Waals surface area (Å²) < 4.78 is 0. The number of rotatable bonds is 12. The molecule has 0 aliphatic heterocycles. The Morgan fingerprint density at radius 3 is 1.89 bits per heavy atom. The van der Waals surface area contributed by atoms with Gasteiger partial charge in [-0.3, -0.25) is 0 Å². The topological polar surface area (TPSA) is 26.0 Å². The Hall–Kier alpha value is -0.820. The van der Waals surface area contributed by atoms with Crippen LogP contribution in [0.2, 0.25) is 0 Å². The molecule has 0 unspecified atom stereocenters. The van der Waals surface area contributed by atoms with E-state index >= 15 is 0 Å². The van der Waals surface area contributed by atoms with Crippen LogP contribution in [-0.4, -0.2) is 6.54 Å². The van der Waals surface area contributed by atoms with E-state index < -0.39 is 0 Å². The van der Waals surface area contributed by atoms with E-state index in [-0.39, 0.29) is 0 Å². The summed E-state index contributed by atoms with van der Waals surface area (Å²) in [5, 5.41) is 0. The lowest BCUT2D eigenvalue weighted by Crippen LogP contribution is -1.97. The minimum Gasteiger partial charge on any atom is -0.330 e. The second-order valence-electron chi connectivity index (χ2n) is 4.64. The van der Waals surface area contributed by atoms with Gasteiger partial charge in [0.15, 0.2) is 0 Å². The minimum absolute atomic E-state index is 0.847. The first-order valence-electron chi connectivity index (χ1n) is 7.56. The summed E-state index contributed by atoms with van der Waals surface area (Å²) in [4.78, 5) is 0. The first kappa shape index (κ1) is 17.2. The normalized spacial score (nSPS) is 12.3. The van der Waals surface area contributed by atoms with Crippen LogP contribution in [0.3, 0.4) is 0 Å². The molecule has 0 atom stereocenters. The molecule has 0 rings (SSSR count). The van der Waals surface area contributed by atoms with Gasteiger partial charge in [-0.25, -0.2) is 0 Å². The van der Waals surface area contributed by atoms with E-state index in [4.69, 9.17) is 5.73 Å². The van der Waals surface area contributed by atoms with Crippen LogP contribution in [0.15, 0.2) is 36.5 Å². The third-order valence-electron chi connectivity index (χ3n) is 2.85. The minimum atomic E-state index is 0.847. The van der Waals surface area contributed by atoms with Crippen LogP contribution >= 0.6 is 0 Å². The molecule has 0 fully saturated rings. The maximum Gasteiger partial charge on any atom is -0.00773 e. The largest absolute Gasteiger partial charge is 0.330 e. The second kappa shape index (κ2) is 16.2. The van der Waals surface area contributed by atoms with Crippen molar-refractivity contribution in [1.29, 1.82) is 0 Å².